The lowest BCUT2D eigenvalue weighted by molar-refractivity contribution is 0.0719. The fourth-order valence-electron chi connectivity index (χ4n) is 2.24. The van der Waals surface area contributed by atoms with Gasteiger partial charge in [0, 0.05) is 6.54 Å². The molecule has 0 saturated carbocycles. The number of amides is 1. The number of hydrogen-bond acceptors (Lipinski definition) is 3. The highest BCUT2D eigenvalue weighted by atomic mass is 32.1. The molecule has 2 rings (SSSR count). The minimum Gasteiger partial charge on any atom is -0.491 e. The molecule has 0 N–H and O–H groups in total. The zero-order valence-electron chi connectivity index (χ0n) is 11.5. The maximum Gasteiger partial charge on any atom is 0.257 e. The zero-order valence-corrected chi connectivity index (χ0v) is 12.4. The van der Waals surface area contributed by atoms with Gasteiger partial charge >= 0.3 is 0 Å². The smallest absolute Gasteiger partial charge is 0.257 e. The second-order valence-corrected chi connectivity index (χ2v) is 5.65. The van der Waals surface area contributed by atoms with E-state index in [0.717, 1.165) is 12.3 Å². The molecule has 1 aromatic rings. The van der Waals surface area contributed by atoms with Crippen molar-refractivity contribution in [3.63, 3.8) is 0 Å². The van der Waals surface area contributed by atoms with Crippen LogP contribution in [0.5, 0.6) is 5.75 Å². The van der Waals surface area contributed by atoms with Crippen LogP contribution in [0.25, 0.3) is 0 Å². The largest absolute Gasteiger partial charge is 0.491 e. The van der Waals surface area contributed by atoms with Gasteiger partial charge < -0.3 is 9.64 Å². The normalized spacial score (nSPS) is 16.8. The minimum atomic E-state index is 0.0699. The van der Waals surface area contributed by atoms with Gasteiger partial charge in [-0.2, -0.15) is 12.6 Å². The van der Waals surface area contributed by atoms with Crippen molar-refractivity contribution in [1.82, 2.24) is 4.90 Å². The molecular formula is C15H21NO2S. The van der Waals surface area contributed by atoms with Gasteiger partial charge in [0.05, 0.1) is 12.1 Å². The summed E-state index contributed by atoms with van der Waals surface area (Å²) in [7, 11) is 0. The maximum absolute atomic E-state index is 12.5. The Labute approximate surface area is 120 Å². The monoisotopic (exact) mass is 279 g/mol. The average molecular weight is 279 g/mol. The maximum atomic E-state index is 12.5. The Hall–Kier alpha value is -1.16. The number of benzene rings is 1. The summed E-state index contributed by atoms with van der Waals surface area (Å²) in [6.45, 7) is 6.30. The van der Waals surface area contributed by atoms with E-state index in [9.17, 15) is 4.79 Å². The summed E-state index contributed by atoms with van der Waals surface area (Å²) in [6, 6.07) is 7.46. The van der Waals surface area contributed by atoms with Crippen molar-refractivity contribution in [3.8, 4) is 5.75 Å². The quantitative estimate of drug-likeness (QED) is 0.859. The van der Waals surface area contributed by atoms with Gasteiger partial charge in [-0.1, -0.05) is 26.0 Å². The Kier molecular flexibility index (Phi) is 4.75. The second-order valence-electron chi connectivity index (χ2n) is 5.28. The van der Waals surface area contributed by atoms with E-state index in [1.54, 1.807) is 0 Å². The number of fused-ring (bicyclic) bond motifs is 1. The highest BCUT2D eigenvalue weighted by Gasteiger charge is 2.25. The third-order valence-corrected chi connectivity index (χ3v) is 4.12. The third kappa shape index (κ3) is 3.24. The van der Waals surface area contributed by atoms with Gasteiger partial charge in [0.15, 0.2) is 0 Å². The second kappa shape index (κ2) is 6.33. The van der Waals surface area contributed by atoms with Crippen LogP contribution in [-0.2, 0) is 0 Å². The predicted molar refractivity (Wildman–Crippen MR) is 80.0 cm³/mol. The molecule has 4 heteroatoms. The number of para-hydroxylation sites is 1. The van der Waals surface area contributed by atoms with Crippen LogP contribution in [0.3, 0.4) is 0 Å². The molecule has 0 bridgehead atoms. The first kappa shape index (κ1) is 14.3. The molecule has 0 aliphatic carbocycles. The lowest BCUT2D eigenvalue weighted by Crippen LogP contribution is -2.38. The molecule has 19 heavy (non-hydrogen) atoms. The number of ether oxygens (including phenoxy) is 1. The van der Waals surface area contributed by atoms with Gasteiger partial charge in [-0.15, -0.1) is 0 Å². The van der Waals surface area contributed by atoms with E-state index in [1.165, 1.54) is 0 Å². The molecule has 1 unspecified atom stereocenters. The molecule has 1 amide bonds. The van der Waals surface area contributed by atoms with Gasteiger partial charge in [0.2, 0.25) is 0 Å². The first-order chi connectivity index (χ1) is 9.13. The molecule has 3 nitrogen and oxygen atoms in total. The van der Waals surface area contributed by atoms with Crippen molar-refractivity contribution in [2.45, 2.75) is 13.8 Å². The van der Waals surface area contributed by atoms with Crippen LogP contribution >= 0.6 is 12.6 Å². The Morgan fingerprint density at radius 2 is 2.11 bits per heavy atom. The van der Waals surface area contributed by atoms with Crippen LogP contribution in [0, 0.1) is 11.8 Å². The summed E-state index contributed by atoms with van der Waals surface area (Å²) >= 11 is 4.40. The molecule has 0 spiro atoms. The lowest BCUT2D eigenvalue weighted by Gasteiger charge is -2.27. The SMILES string of the molecule is CC(C)C(CS)CN1CCOc2ccccc2C1=O. The van der Waals surface area contributed by atoms with Crippen LogP contribution in [-0.4, -0.2) is 36.3 Å². The van der Waals surface area contributed by atoms with E-state index in [1.807, 2.05) is 29.2 Å². The molecule has 104 valence electrons. The first-order valence-electron chi connectivity index (χ1n) is 6.75. The predicted octanol–water partition coefficient (Wildman–Crippen LogP) is 2.72. The first-order valence-corrected chi connectivity index (χ1v) is 7.38. The lowest BCUT2D eigenvalue weighted by atomic mass is 9.97. The van der Waals surface area contributed by atoms with Crippen LogP contribution in [0.4, 0.5) is 0 Å². The van der Waals surface area contributed by atoms with E-state index >= 15 is 0 Å². The number of rotatable bonds is 4. The molecule has 0 fully saturated rings. The van der Waals surface area contributed by atoms with Crippen LogP contribution in [0.1, 0.15) is 24.2 Å². The zero-order chi connectivity index (χ0) is 13.8. The molecule has 0 aromatic heterocycles. The van der Waals surface area contributed by atoms with Crippen molar-refractivity contribution in [3.05, 3.63) is 29.8 Å². The fourth-order valence-corrected chi connectivity index (χ4v) is 2.78. The van der Waals surface area contributed by atoms with Crippen molar-refractivity contribution in [2.75, 3.05) is 25.4 Å². The number of thiol groups is 1. The summed E-state index contributed by atoms with van der Waals surface area (Å²) in [4.78, 5) is 14.4. The third-order valence-electron chi connectivity index (χ3n) is 3.66. The van der Waals surface area contributed by atoms with Crippen LogP contribution < -0.4 is 4.74 Å². The van der Waals surface area contributed by atoms with Crippen molar-refractivity contribution >= 4 is 18.5 Å². The van der Waals surface area contributed by atoms with Gasteiger partial charge in [-0.3, -0.25) is 4.79 Å². The highest BCUT2D eigenvalue weighted by Crippen LogP contribution is 2.24. The minimum absolute atomic E-state index is 0.0699. The number of hydrogen-bond donors (Lipinski definition) is 1. The van der Waals surface area contributed by atoms with E-state index in [2.05, 4.69) is 26.5 Å². The van der Waals surface area contributed by atoms with Crippen molar-refractivity contribution in [1.29, 1.82) is 0 Å². The fraction of sp³-hybridized carbons (Fsp3) is 0.533. The van der Waals surface area contributed by atoms with Crippen LogP contribution in [0.15, 0.2) is 24.3 Å². The average Bonchev–Trinajstić information content (AvgIpc) is 2.56. The number of nitrogens with zero attached hydrogens (tertiary/aromatic N) is 1. The molecule has 1 aliphatic rings. The summed E-state index contributed by atoms with van der Waals surface area (Å²) < 4.78 is 5.64. The Morgan fingerprint density at radius 1 is 1.37 bits per heavy atom. The van der Waals surface area contributed by atoms with E-state index in [-0.39, 0.29) is 5.91 Å². The van der Waals surface area contributed by atoms with Gasteiger partial charge in [-0.25, -0.2) is 0 Å². The Morgan fingerprint density at radius 3 is 2.79 bits per heavy atom. The van der Waals surface area contributed by atoms with Crippen molar-refractivity contribution < 1.29 is 9.53 Å². The van der Waals surface area contributed by atoms with E-state index in [0.29, 0.717) is 36.3 Å². The summed E-state index contributed by atoms with van der Waals surface area (Å²) in [5.74, 6) is 2.49. The Bertz CT molecular complexity index is 448. The molecule has 0 saturated heterocycles. The molecule has 1 atom stereocenters. The highest BCUT2D eigenvalue weighted by molar-refractivity contribution is 7.80. The van der Waals surface area contributed by atoms with E-state index in [4.69, 9.17) is 4.74 Å². The molecular weight excluding hydrogens is 258 g/mol. The topological polar surface area (TPSA) is 29.5 Å². The Balaban J connectivity index is 2.17. The number of carbonyl (C=O) groups is 1. The molecule has 1 heterocycles. The van der Waals surface area contributed by atoms with Crippen molar-refractivity contribution in [2.24, 2.45) is 11.8 Å². The molecule has 0 radical (unpaired) electrons. The van der Waals surface area contributed by atoms with Gasteiger partial charge in [0.1, 0.15) is 12.4 Å². The van der Waals surface area contributed by atoms with Gasteiger partial charge in [-0.05, 0) is 29.7 Å². The summed E-state index contributed by atoms with van der Waals surface area (Å²) in [5.41, 5.74) is 0.668. The van der Waals surface area contributed by atoms with Crippen LogP contribution in [0.2, 0.25) is 0 Å². The standard InChI is InChI=1S/C15H21NO2S/c1-11(2)12(10-19)9-16-7-8-18-14-6-4-3-5-13(14)15(16)17/h3-6,11-12,19H,7-10H2,1-2H3. The van der Waals surface area contributed by atoms with Gasteiger partial charge in [0.25, 0.3) is 5.91 Å². The number of carbonyl (C=O) groups excluding carboxylic acids is 1. The molecule has 1 aromatic carbocycles. The van der Waals surface area contributed by atoms with E-state index < -0.39 is 0 Å². The summed E-state index contributed by atoms with van der Waals surface area (Å²) in [5, 5.41) is 0. The summed E-state index contributed by atoms with van der Waals surface area (Å²) in [6.07, 6.45) is 0. The molecule has 1 aliphatic heterocycles.